The third kappa shape index (κ3) is 2.42. The largest absolute Gasteiger partial charge is 0.340 e. The van der Waals surface area contributed by atoms with Crippen LogP contribution in [0.3, 0.4) is 0 Å². The van der Waals surface area contributed by atoms with Gasteiger partial charge < -0.3 is 4.57 Å². The zero-order chi connectivity index (χ0) is 11.6. The van der Waals surface area contributed by atoms with Crippen LogP contribution in [-0.2, 0) is 6.17 Å². The summed E-state index contributed by atoms with van der Waals surface area (Å²) < 4.78 is 2.19. The lowest BCUT2D eigenvalue weighted by molar-refractivity contribution is 0.855. The maximum Gasteiger partial charge on any atom is 0.102 e. The minimum atomic E-state index is -1.38. The van der Waals surface area contributed by atoms with Crippen LogP contribution in [0.2, 0.25) is 13.1 Å². The van der Waals surface area contributed by atoms with E-state index in [0.29, 0.717) is 0 Å². The molecular weight excluding hydrogens is 212 g/mol. The fourth-order valence-corrected chi connectivity index (χ4v) is 4.28. The van der Waals surface area contributed by atoms with Gasteiger partial charge in [0.1, 0.15) is 8.07 Å². The van der Waals surface area contributed by atoms with Crippen molar-refractivity contribution in [2.24, 2.45) is 0 Å². The predicted octanol–water partition coefficient (Wildman–Crippen LogP) is 2.35. The van der Waals surface area contributed by atoms with Crippen LogP contribution in [0, 0.1) is 6.92 Å². The zero-order valence-corrected chi connectivity index (χ0v) is 11.1. The molecule has 0 saturated heterocycles. The van der Waals surface area contributed by atoms with Crippen LogP contribution >= 0.6 is 0 Å². The third-order valence-electron chi connectivity index (χ3n) is 2.97. The molecule has 0 atom stereocenters. The van der Waals surface area contributed by atoms with Crippen molar-refractivity contribution in [3.63, 3.8) is 0 Å². The summed E-state index contributed by atoms with van der Waals surface area (Å²) in [6.07, 6.45) is 6.89. The van der Waals surface area contributed by atoms with Crippen molar-refractivity contribution in [2.45, 2.75) is 26.2 Å². The highest BCUT2D eigenvalue weighted by Gasteiger charge is 2.23. The first-order valence-corrected chi connectivity index (χ1v) is 8.81. The SMILES string of the molecule is Cc1ccc([Si](C)(C)Cn2ccnc2)cc1. The van der Waals surface area contributed by atoms with E-state index in [1.807, 2.05) is 18.7 Å². The highest BCUT2D eigenvalue weighted by atomic mass is 28.3. The van der Waals surface area contributed by atoms with Gasteiger partial charge in [0.25, 0.3) is 0 Å². The zero-order valence-electron chi connectivity index (χ0n) is 10.1. The molecule has 84 valence electrons. The Morgan fingerprint density at radius 3 is 2.44 bits per heavy atom. The molecule has 16 heavy (non-hydrogen) atoms. The summed E-state index contributed by atoms with van der Waals surface area (Å²) in [6.45, 7) is 6.93. The molecule has 0 unspecified atom stereocenters. The maximum atomic E-state index is 4.10. The van der Waals surface area contributed by atoms with Gasteiger partial charge in [-0.15, -0.1) is 0 Å². The number of benzene rings is 1. The second-order valence-corrected chi connectivity index (χ2v) is 9.65. The second-order valence-electron chi connectivity index (χ2n) is 4.98. The normalized spacial score (nSPS) is 11.7. The van der Waals surface area contributed by atoms with Crippen molar-refractivity contribution >= 4 is 13.3 Å². The average molecular weight is 230 g/mol. The Hall–Kier alpha value is -1.35. The molecule has 0 saturated carbocycles. The van der Waals surface area contributed by atoms with E-state index in [-0.39, 0.29) is 0 Å². The molecule has 0 radical (unpaired) electrons. The van der Waals surface area contributed by atoms with Crippen LogP contribution in [0.15, 0.2) is 43.0 Å². The molecule has 2 rings (SSSR count). The highest BCUT2D eigenvalue weighted by Crippen LogP contribution is 2.07. The van der Waals surface area contributed by atoms with Gasteiger partial charge in [-0.25, -0.2) is 4.98 Å². The standard InChI is InChI=1S/C13H18N2Si/c1-12-4-6-13(7-5-12)16(2,3)11-15-9-8-14-10-15/h4-10H,11H2,1-3H3. The minimum absolute atomic E-state index is 1.09. The van der Waals surface area contributed by atoms with Crippen LogP contribution in [-0.4, -0.2) is 17.6 Å². The molecule has 3 heteroatoms. The van der Waals surface area contributed by atoms with Crippen molar-refractivity contribution in [1.82, 2.24) is 9.55 Å². The van der Waals surface area contributed by atoms with E-state index in [2.05, 4.69) is 53.8 Å². The Balaban J connectivity index is 2.21. The first-order valence-electron chi connectivity index (χ1n) is 5.61. The molecule has 1 aromatic heterocycles. The summed E-state index contributed by atoms with van der Waals surface area (Å²) in [5.74, 6) is 0. The Morgan fingerprint density at radius 2 is 1.88 bits per heavy atom. The van der Waals surface area contributed by atoms with Gasteiger partial charge in [-0.2, -0.15) is 0 Å². The van der Waals surface area contributed by atoms with E-state index in [1.54, 1.807) is 0 Å². The molecule has 1 heterocycles. The lowest BCUT2D eigenvalue weighted by atomic mass is 10.2. The Morgan fingerprint density at radius 1 is 1.19 bits per heavy atom. The molecule has 2 nitrogen and oxygen atoms in total. The number of rotatable bonds is 3. The first-order chi connectivity index (χ1) is 7.58. The van der Waals surface area contributed by atoms with Crippen molar-refractivity contribution in [3.8, 4) is 0 Å². The smallest absolute Gasteiger partial charge is 0.102 e. The molecule has 1 aromatic carbocycles. The van der Waals surface area contributed by atoms with Crippen molar-refractivity contribution in [1.29, 1.82) is 0 Å². The predicted molar refractivity (Wildman–Crippen MR) is 70.5 cm³/mol. The van der Waals surface area contributed by atoms with Gasteiger partial charge in [0.15, 0.2) is 0 Å². The molecule has 0 N–H and O–H groups in total. The molecule has 0 aliphatic heterocycles. The first kappa shape index (κ1) is 11.1. The van der Waals surface area contributed by atoms with Gasteiger partial charge >= 0.3 is 0 Å². The minimum Gasteiger partial charge on any atom is -0.340 e. The molecule has 0 aliphatic carbocycles. The van der Waals surface area contributed by atoms with Crippen LogP contribution in [0.4, 0.5) is 0 Å². The molecule has 0 aliphatic rings. The summed E-state index contributed by atoms with van der Waals surface area (Å²) in [7, 11) is -1.38. The van der Waals surface area contributed by atoms with E-state index in [9.17, 15) is 0 Å². The van der Waals surface area contributed by atoms with Crippen LogP contribution in [0.5, 0.6) is 0 Å². The van der Waals surface area contributed by atoms with Crippen molar-refractivity contribution < 1.29 is 0 Å². The fraction of sp³-hybridized carbons (Fsp3) is 0.308. The summed E-state index contributed by atoms with van der Waals surface area (Å²) in [4.78, 5) is 4.10. The summed E-state index contributed by atoms with van der Waals surface area (Å²) in [5, 5.41) is 1.51. The van der Waals surface area contributed by atoms with E-state index in [0.717, 1.165) is 6.17 Å². The van der Waals surface area contributed by atoms with Crippen molar-refractivity contribution in [3.05, 3.63) is 48.5 Å². The number of nitrogens with zero attached hydrogens (tertiary/aromatic N) is 2. The van der Waals surface area contributed by atoms with Crippen LogP contribution in [0.1, 0.15) is 5.56 Å². The molecule has 0 spiro atoms. The summed E-state index contributed by atoms with van der Waals surface area (Å²) in [6, 6.07) is 8.97. The quantitative estimate of drug-likeness (QED) is 0.740. The van der Waals surface area contributed by atoms with E-state index >= 15 is 0 Å². The van der Waals surface area contributed by atoms with Gasteiger partial charge in [0.05, 0.1) is 6.33 Å². The Kier molecular flexibility index (Phi) is 2.96. The van der Waals surface area contributed by atoms with Crippen LogP contribution < -0.4 is 5.19 Å². The molecule has 0 amide bonds. The van der Waals surface area contributed by atoms with E-state index in [1.165, 1.54) is 10.8 Å². The fourth-order valence-electron chi connectivity index (χ4n) is 1.93. The monoisotopic (exact) mass is 230 g/mol. The number of imidazole rings is 1. The lowest BCUT2D eigenvalue weighted by Crippen LogP contribution is -2.45. The van der Waals surface area contributed by atoms with Crippen LogP contribution in [0.25, 0.3) is 0 Å². The average Bonchev–Trinajstić information content (AvgIpc) is 2.70. The summed E-state index contributed by atoms with van der Waals surface area (Å²) in [5.41, 5.74) is 1.33. The summed E-state index contributed by atoms with van der Waals surface area (Å²) >= 11 is 0. The van der Waals surface area contributed by atoms with Gasteiger partial charge in [0.2, 0.25) is 0 Å². The van der Waals surface area contributed by atoms with E-state index < -0.39 is 8.07 Å². The topological polar surface area (TPSA) is 17.8 Å². The van der Waals surface area contributed by atoms with Crippen molar-refractivity contribution in [2.75, 3.05) is 0 Å². The molecule has 0 bridgehead atoms. The van der Waals surface area contributed by atoms with Gasteiger partial charge in [0, 0.05) is 18.6 Å². The molecule has 0 fully saturated rings. The van der Waals surface area contributed by atoms with Gasteiger partial charge in [-0.3, -0.25) is 0 Å². The number of aryl methyl sites for hydroxylation is 1. The second kappa shape index (κ2) is 4.26. The Bertz CT molecular complexity index is 443. The number of hydrogen-bond acceptors (Lipinski definition) is 1. The lowest BCUT2D eigenvalue weighted by Gasteiger charge is -2.23. The van der Waals surface area contributed by atoms with Gasteiger partial charge in [-0.1, -0.05) is 48.1 Å². The van der Waals surface area contributed by atoms with E-state index in [4.69, 9.17) is 0 Å². The maximum absolute atomic E-state index is 4.10. The molecule has 2 aromatic rings. The molecular formula is C13H18N2Si. The number of aromatic nitrogens is 2. The third-order valence-corrected chi connectivity index (χ3v) is 6.02. The number of hydrogen-bond donors (Lipinski definition) is 0. The van der Waals surface area contributed by atoms with Gasteiger partial charge in [-0.05, 0) is 6.92 Å². The highest BCUT2D eigenvalue weighted by molar-refractivity contribution is 6.88. The Labute approximate surface area is 98.0 Å².